The van der Waals surface area contributed by atoms with Gasteiger partial charge in [0, 0.05) is 33.4 Å². The number of oxime groups is 1. The second-order valence-electron chi connectivity index (χ2n) is 9.92. The van der Waals surface area contributed by atoms with Crippen molar-refractivity contribution in [2.75, 3.05) is 11.9 Å². The SMILES string of the molecule is CC.CN(c1c(C#N)c(=O)n(C)c2ccc(Cl)nc12)C1CCCCC1.Cn1nccc1/C=N\OC(C)(C)C. The number of hydrogen-bond acceptors (Lipinski definition) is 7. The number of nitrogens with zero attached hydrogens (tertiary/aromatic N) is 7. The first-order valence-corrected chi connectivity index (χ1v) is 13.4. The van der Waals surface area contributed by atoms with E-state index in [-0.39, 0.29) is 16.7 Å². The van der Waals surface area contributed by atoms with Gasteiger partial charge in [0.25, 0.3) is 5.56 Å². The Morgan fingerprint density at radius 3 is 2.39 bits per heavy atom. The van der Waals surface area contributed by atoms with E-state index in [1.54, 1.807) is 36.3 Å². The lowest BCUT2D eigenvalue weighted by molar-refractivity contribution is 0.00193. The van der Waals surface area contributed by atoms with Crippen molar-refractivity contribution in [2.24, 2.45) is 19.3 Å². The molecule has 0 aliphatic heterocycles. The topological polar surface area (TPSA) is 101 Å². The second kappa shape index (κ2) is 14.0. The number of halogens is 1. The highest BCUT2D eigenvalue weighted by Crippen LogP contribution is 2.32. The van der Waals surface area contributed by atoms with Gasteiger partial charge in [-0.3, -0.25) is 9.48 Å². The smallest absolute Gasteiger partial charge is 0.270 e. The molecule has 3 aromatic heterocycles. The van der Waals surface area contributed by atoms with Crippen LogP contribution < -0.4 is 10.5 Å². The van der Waals surface area contributed by atoms with E-state index in [2.05, 4.69) is 26.2 Å². The van der Waals surface area contributed by atoms with Crippen LogP contribution in [0.2, 0.25) is 5.15 Å². The highest BCUT2D eigenvalue weighted by Gasteiger charge is 2.25. The lowest BCUT2D eigenvalue weighted by Gasteiger charge is -2.33. The van der Waals surface area contributed by atoms with E-state index >= 15 is 0 Å². The van der Waals surface area contributed by atoms with E-state index in [0.717, 1.165) is 18.5 Å². The van der Waals surface area contributed by atoms with Crippen LogP contribution in [-0.4, -0.2) is 44.2 Å². The van der Waals surface area contributed by atoms with E-state index < -0.39 is 0 Å². The maximum atomic E-state index is 12.6. The minimum atomic E-state index is -0.290. The summed E-state index contributed by atoms with van der Waals surface area (Å²) < 4.78 is 3.20. The van der Waals surface area contributed by atoms with Gasteiger partial charge < -0.3 is 14.3 Å². The lowest BCUT2D eigenvalue weighted by atomic mass is 9.93. The maximum Gasteiger partial charge on any atom is 0.270 e. The zero-order valence-corrected chi connectivity index (χ0v) is 24.6. The second-order valence-corrected chi connectivity index (χ2v) is 10.3. The third kappa shape index (κ3) is 7.81. The largest absolute Gasteiger partial charge is 0.390 e. The van der Waals surface area contributed by atoms with Crippen LogP contribution in [0.1, 0.15) is 78.0 Å². The summed E-state index contributed by atoms with van der Waals surface area (Å²) in [7, 11) is 5.47. The maximum absolute atomic E-state index is 12.6. The Morgan fingerprint density at radius 1 is 1.18 bits per heavy atom. The zero-order chi connectivity index (χ0) is 28.5. The highest BCUT2D eigenvalue weighted by atomic mass is 35.5. The van der Waals surface area contributed by atoms with Gasteiger partial charge in [-0.1, -0.05) is 49.9 Å². The summed E-state index contributed by atoms with van der Waals surface area (Å²) in [4.78, 5) is 24.2. The quantitative estimate of drug-likeness (QED) is 0.234. The molecule has 3 aromatic rings. The Morgan fingerprint density at radius 2 is 1.84 bits per heavy atom. The molecule has 0 unspecified atom stereocenters. The summed E-state index contributed by atoms with van der Waals surface area (Å²) in [6.45, 7) is 9.86. The number of anilines is 1. The van der Waals surface area contributed by atoms with Gasteiger partial charge in [0.15, 0.2) is 0 Å². The molecule has 9 nitrogen and oxygen atoms in total. The number of aromatic nitrogens is 4. The summed E-state index contributed by atoms with van der Waals surface area (Å²) >= 11 is 6.07. The monoisotopic (exact) mass is 541 g/mol. The molecule has 0 spiro atoms. The number of fused-ring (bicyclic) bond motifs is 1. The van der Waals surface area contributed by atoms with Gasteiger partial charge in [0.2, 0.25) is 0 Å². The lowest BCUT2D eigenvalue weighted by Crippen LogP contribution is -2.36. The molecule has 0 amide bonds. The van der Waals surface area contributed by atoms with Crippen LogP contribution >= 0.6 is 11.6 Å². The number of rotatable bonds is 4. The predicted octanol–water partition coefficient (Wildman–Crippen LogP) is 5.82. The molecule has 0 aromatic carbocycles. The summed E-state index contributed by atoms with van der Waals surface area (Å²) in [5.41, 5.74) is 2.45. The summed E-state index contributed by atoms with van der Waals surface area (Å²) in [6, 6.07) is 7.72. The zero-order valence-electron chi connectivity index (χ0n) is 23.8. The number of aryl methyl sites for hydroxylation is 2. The average Bonchev–Trinajstić information content (AvgIpc) is 3.31. The molecule has 1 aliphatic rings. The van der Waals surface area contributed by atoms with Gasteiger partial charge in [-0.15, -0.1) is 0 Å². The first-order valence-electron chi connectivity index (χ1n) is 13.0. The van der Waals surface area contributed by atoms with Crippen LogP contribution in [0.25, 0.3) is 11.0 Å². The van der Waals surface area contributed by atoms with Crippen molar-refractivity contribution in [3.05, 3.63) is 51.2 Å². The molecular formula is C28H40ClN7O2. The summed E-state index contributed by atoms with van der Waals surface area (Å²) in [6.07, 6.45) is 9.10. The van der Waals surface area contributed by atoms with Gasteiger partial charge >= 0.3 is 0 Å². The summed E-state index contributed by atoms with van der Waals surface area (Å²) in [5.74, 6) is 0. The van der Waals surface area contributed by atoms with Crippen molar-refractivity contribution in [3.8, 4) is 6.07 Å². The predicted molar refractivity (Wildman–Crippen MR) is 155 cm³/mol. The van der Waals surface area contributed by atoms with Crippen molar-refractivity contribution in [1.82, 2.24) is 19.3 Å². The normalized spacial score (nSPS) is 13.8. The minimum absolute atomic E-state index is 0.142. The molecule has 10 heteroatoms. The minimum Gasteiger partial charge on any atom is -0.390 e. The van der Waals surface area contributed by atoms with Crippen molar-refractivity contribution in [2.45, 2.75) is 78.4 Å². The van der Waals surface area contributed by atoms with Gasteiger partial charge in [-0.2, -0.15) is 10.4 Å². The number of pyridine rings is 2. The highest BCUT2D eigenvalue weighted by molar-refractivity contribution is 6.29. The van der Waals surface area contributed by atoms with Gasteiger partial charge in [-0.25, -0.2) is 4.98 Å². The Bertz CT molecular complexity index is 1330. The fraction of sp³-hybridized carbons (Fsp3) is 0.536. The van der Waals surface area contributed by atoms with Crippen LogP contribution in [0.5, 0.6) is 0 Å². The molecule has 0 N–H and O–H groups in total. The average molecular weight is 542 g/mol. The van der Waals surface area contributed by atoms with Gasteiger partial charge in [0.1, 0.15) is 27.9 Å². The summed E-state index contributed by atoms with van der Waals surface area (Å²) in [5, 5.41) is 17.8. The van der Waals surface area contributed by atoms with Gasteiger partial charge in [0.05, 0.1) is 23.1 Å². The first-order chi connectivity index (χ1) is 18.0. The fourth-order valence-electron chi connectivity index (χ4n) is 4.21. The number of hydrogen-bond donors (Lipinski definition) is 0. The molecule has 1 aliphatic carbocycles. The van der Waals surface area contributed by atoms with E-state index in [1.807, 2.05) is 54.8 Å². The van der Waals surface area contributed by atoms with E-state index in [4.69, 9.17) is 16.4 Å². The van der Waals surface area contributed by atoms with E-state index in [1.165, 1.54) is 23.8 Å². The molecule has 0 atom stereocenters. The van der Waals surface area contributed by atoms with Crippen molar-refractivity contribution >= 4 is 34.5 Å². The fourth-order valence-corrected chi connectivity index (χ4v) is 4.36. The standard InChI is InChI=1S/C17H19ClN4O.C9H15N3O.C2H6/c1-21(11-6-4-3-5-7-11)16-12(10-19)17(23)22(2)13-8-9-14(18)20-15(13)16;1-9(2,3)13-11-7-8-5-6-10-12(8)4;1-2/h8-9,11H,3-7H2,1-2H3;5-7H,1-4H3;1-2H3/b;11-7-;. The number of nitriles is 1. The molecule has 1 fully saturated rings. The molecule has 3 heterocycles. The molecule has 4 rings (SSSR count). The van der Waals surface area contributed by atoms with Crippen LogP contribution in [0.15, 0.2) is 34.3 Å². The van der Waals surface area contributed by atoms with Crippen molar-refractivity contribution < 1.29 is 4.84 Å². The molecule has 38 heavy (non-hydrogen) atoms. The Kier molecular flexibility index (Phi) is 11.3. The third-order valence-corrected chi connectivity index (χ3v) is 6.35. The van der Waals surface area contributed by atoms with Crippen molar-refractivity contribution in [3.63, 3.8) is 0 Å². The van der Waals surface area contributed by atoms with Crippen LogP contribution in [0.4, 0.5) is 5.69 Å². The van der Waals surface area contributed by atoms with Crippen LogP contribution in [0, 0.1) is 11.3 Å². The molecule has 0 saturated heterocycles. The Hall–Kier alpha value is -3.38. The Balaban J connectivity index is 0.000000288. The molecule has 0 radical (unpaired) electrons. The van der Waals surface area contributed by atoms with Gasteiger partial charge in [-0.05, 0) is 51.8 Å². The molecular weight excluding hydrogens is 502 g/mol. The Labute approximate surface area is 230 Å². The van der Waals surface area contributed by atoms with Crippen LogP contribution in [-0.2, 0) is 18.9 Å². The molecule has 1 saturated carbocycles. The molecule has 206 valence electrons. The van der Waals surface area contributed by atoms with Crippen molar-refractivity contribution in [1.29, 1.82) is 5.26 Å². The van der Waals surface area contributed by atoms with E-state index in [0.29, 0.717) is 27.9 Å². The first kappa shape index (κ1) is 30.8. The molecule has 0 bridgehead atoms. The van der Waals surface area contributed by atoms with Crippen LogP contribution in [0.3, 0.4) is 0 Å². The third-order valence-electron chi connectivity index (χ3n) is 6.14. The van der Waals surface area contributed by atoms with E-state index in [9.17, 15) is 10.1 Å².